The number of hydrogen-bond acceptors (Lipinski definition) is 4. The van der Waals surface area contributed by atoms with Gasteiger partial charge in [0.1, 0.15) is 5.75 Å². The third kappa shape index (κ3) is 4.86. The number of nitrogens with one attached hydrogen (secondary N) is 1. The molecule has 0 bridgehead atoms. The largest absolute Gasteiger partial charge is 0.423 e. The van der Waals surface area contributed by atoms with Crippen molar-refractivity contribution in [2.45, 2.75) is 11.8 Å². The van der Waals surface area contributed by atoms with E-state index in [1.807, 2.05) is 48.5 Å². The van der Waals surface area contributed by atoms with Gasteiger partial charge >= 0.3 is 5.97 Å². The van der Waals surface area contributed by atoms with E-state index < -0.39 is 5.97 Å². The molecule has 1 aliphatic rings. The molecule has 0 saturated heterocycles. The second kappa shape index (κ2) is 10.3. The van der Waals surface area contributed by atoms with Crippen LogP contribution in [-0.2, 0) is 10.2 Å². The summed E-state index contributed by atoms with van der Waals surface area (Å²) in [4.78, 5) is 25.5. The Labute approximate surface area is 218 Å². The Kier molecular flexibility index (Phi) is 6.78. The molecule has 0 aromatic heterocycles. The molecule has 5 rings (SSSR count). The topological polar surface area (TPSA) is 67.8 Å². The van der Waals surface area contributed by atoms with Crippen molar-refractivity contribution < 1.29 is 14.3 Å². The molecule has 0 aliphatic heterocycles. The first-order chi connectivity index (χ1) is 17.6. The smallest absolute Gasteiger partial charge is 0.344 e. The number of hydrogen-bond donors (Lipinski definition) is 1. The summed E-state index contributed by atoms with van der Waals surface area (Å²) in [6.45, 7) is 0. The van der Waals surface area contributed by atoms with Crippen LogP contribution in [0.25, 0.3) is 0 Å². The van der Waals surface area contributed by atoms with Crippen molar-refractivity contribution in [1.82, 2.24) is 5.43 Å². The summed E-state index contributed by atoms with van der Waals surface area (Å²) >= 11 is 3.36. The van der Waals surface area contributed by atoms with E-state index >= 15 is 0 Å². The number of carbonyl (C=O) groups is 2. The molecule has 1 atom stereocenters. The summed E-state index contributed by atoms with van der Waals surface area (Å²) < 4.78 is 6.17. The summed E-state index contributed by atoms with van der Waals surface area (Å²) in [5.74, 6) is -0.413. The highest BCUT2D eigenvalue weighted by atomic mass is 79.9. The first-order valence-electron chi connectivity index (χ1n) is 11.6. The number of carbonyl (C=O) groups excluding carboxylic acids is 2. The molecular formula is C30H23BrN2O3. The molecule has 1 unspecified atom stereocenters. The normalized spacial score (nSPS) is 15.9. The number of halogens is 1. The van der Waals surface area contributed by atoms with Crippen LogP contribution in [0.15, 0.2) is 119 Å². The van der Waals surface area contributed by atoms with Crippen molar-refractivity contribution in [1.29, 1.82) is 0 Å². The zero-order chi connectivity index (χ0) is 25.0. The minimum Gasteiger partial charge on any atom is -0.423 e. The number of benzene rings is 4. The molecule has 0 radical (unpaired) electrons. The number of hydrazone groups is 1. The monoisotopic (exact) mass is 538 g/mol. The minimum atomic E-state index is -0.461. The van der Waals surface area contributed by atoms with Gasteiger partial charge in [0.15, 0.2) is 0 Å². The first-order valence-corrected chi connectivity index (χ1v) is 12.4. The fourth-order valence-corrected chi connectivity index (χ4v) is 5.00. The summed E-state index contributed by atoms with van der Waals surface area (Å²) in [6.07, 6.45) is 2.27. The number of rotatable bonds is 7. The Balaban J connectivity index is 1.26. The second-order valence-electron chi connectivity index (χ2n) is 8.64. The number of esters is 1. The molecule has 178 valence electrons. The van der Waals surface area contributed by atoms with Crippen LogP contribution in [0.3, 0.4) is 0 Å². The lowest BCUT2D eigenvalue weighted by Gasteiger charge is -2.18. The molecule has 5 nitrogen and oxygen atoms in total. The molecule has 4 aromatic carbocycles. The maximum absolute atomic E-state index is 13.1. The van der Waals surface area contributed by atoms with E-state index in [-0.39, 0.29) is 17.2 Å². The molecule has 6 heteroatoms. The summed E-state index contributed by atoms with van der Waals surface area (Å²) in [7, 11) is 0. The van der Waals surface area contributed by atoms with Gasteiger partial charge in [-0.05, 0) is 63.3 Å². The van der Waals surface area contributed by atoms with Gasteiger partial charge in [-0.3, -0.25) is 4.79 Å². The second-order valence-corrected chi connectivity index (χ2v) is 9.49. The molecule has 4 aromatic rings. The highest BCUT2D eigenvalue weighted by Gasteiger charge is 2.60. The number of amides is 1. The van der Waals surface area contributed by atoms with Crippen LogP contribution < -0.4 is 10.2 Å². The third-order valence-corrected chi connectivity index (χ3v) is 7.10. The maximum Gasteiger partial charge on any atom is 0.344 e. The molecule has 1 aliphatic carbocycles. The molecule has 1 amide bonds. The first kappa shape index (κ1) is 23.7. The van der Waals surface area contributed by atoms with E-state index in [4.69, 9.17) is 4.74 Å². The van der Waals surface area contributed by atoms with Crippen molar-refractivity contribution in [3.05, 3.63) is 136 Å². The predicted molar refractivity (Wildman–Crippen MR) is 143 cm³/mol. The lowest BCUT2D eigenvalue weighted by molar-refractivity contribution is -0.122. The van der Waals surface area contributed by atoms with E-state index in [9.17, 15) is 9.59 Å². The summed E-state index contributed by atoms with van der Waals surface area (Å²) in [5, 5.41) is 4.18. The van der Waals surface area contributed by atoms with Crippen LogP contribution in [0.4, 0.5) is 0 Å². The van der Waals surface area contributed by atoms with Crippen molar-refractivity contribution in [3.8, 4) is 5.75 Å². The van der Waals surface area contributed by atoms with Crippen molar-refractivity contribution in [2.24, 2.45) is 11.0 Å². The molecule has 1 saturated carbocycles. The van der Waals surface area contributed by atoms with E-state index in [1.165, 1.54) is 0 Å². The zero-order valence-electron chi connectivity index (χ0n) is 19.3. The van der Waals surface area contributed by atoms with Crippen molar-refractivity contribution in [2.75, 3.05) is 0 Å². The van der Waals surface area contributed by atoms with E-state index in [0.29, 0.717) is 21.3 Å². The SMILES string of the molecule is O=C(Oc1cccc(C=NNC(=O)C2CC2(c2ccccc2)c2ccccc2)c1)c1ccccc1Br. The molecular weight excluding hydrogens is 516 g/mol. The van der Waals surface area contributed by atoms with Gasteiger partial charge in [-0.15, -0.1) is 0 Å². The standard InChI is InChI=1S/C30H23BrN2O3/c31-27-17-8-7-16-25(27)29(35)36-24-15-9-10-21(18-24)20-32-33-28(34)26-19-30(26,22-11-3-1-4-12-22)23-13-5-2-6-14-23/h1-18,20,26H,19H2,(H,33,34). The van der Waals surface area contributed by atoms with Crippen molar-refractivity contribution >= 4 is 34.0 Å². The minimum absolute atomic E-state index is 0.129. The van der Waals surface area contributed by atoms with Gasteiger partial charge in [0.05, 0.1) is 17.7 Å². The number of ether oxygens (including phenoxy) is 1. The maximum atomic E-state index is 13.1. The van der Waals surface area contributed by atoms with Gasteiger partial charge in [0, 0.05) is 9.89 Å². The molecule has 0 heterocycles. The lowest BCUT2D eigenvalue weighted by Crippen LogP contribution is -2.25. The van der Waals surface area contributed by atoms with Gasteiger partial charge in [-0.25, -0.2) is 10.2 Å². The van der Waals surface area contributed by atoms with Gasteiger partial charge in [-0.1, -0.05) is 84.9 Å². The quantitative estimate of drug-likeness (QED) is 0.133. The van der Waals surface area contributed by atoms with Gasteiger partial charge in [0.2, 0.25) is 5.91 Å². The molecule has 36 heavy (non-hydrogen) atoms. The lowest BCUT2D eigenvalue weighted by atomic mass is 9.85. The highest BCUT2D eigenvalue weighted by molar-refractivity contribution is 9.10. The third-order valence-electron chi connectivity index (χ3n) is 6.41. The van der Waals surface area contributed by atoms with Gasteiger partial charge in [0.25, 0.3) is 0 Å². The molecule has 0 spiro atoms. The van der Waals surface area contributed by atoms with E-state index in [1.54, 1.807) is 42.6 Å². The summed E-state index contributed by atoms with van der Waals surface area (Å²) in [5.41, 5.74) is 5.74. The summed E-state index contributed by atoms with van der Waals surface area (Å²) in [6, 6.07) is 34.3. The Morgan fingerprint density at radius 3 is 2.17 bits per heavy atom. The Hall–Kier alpha value is -4.03. The Morgan fingerprint density at radius 2 is 1.50 bits per heavy atom. The zero-order valence-corrected chi connectivity index (χ0v) is 20.9. The van der Waals surface area contributed by atoms with E-state index in [2.05, 4.69) is 50.7 Å². The number of nitrogens with zero attached hydrogens (tertiary/aromatic N) is 1. The van der Waals surface area contributed by atoms with Crippen LogP contribution in [0.1, 0.15) is 33.5 Å². The van der Waals surface area contributed by atoms with Crippen molar-refractivity contribution in [3.63, 3.8) is 0 Å². The highest BCUT2D eigenvalue weighted by Crippen LogP contribution is 2.58. The fraction of sp³-hybridized carbons (Fsp3) is 0.100. The average molecular weight is 539 g/mol. The van der Waals surface area contributed by atoms with Crippen LogP contribution in [0.2, 0.25) is 0 Å². The van der Waals surface area contributed by atoms with Gasteiger partial charge < -0.3 is 4.74 Å². The van der Waals surface area contributed by atoms with E-state index in [0.717, 1.165) is 17.5 Å². The van der Waals surface area contributed by atoms with Crippen LogP contribution >= 0.6 is 15.9 Å². The predicted octanol–water partition coefficient (Wildman–Crippen LogP) is 6.12. The fourth-order valence-electron chi connectivity index (χ4n) is 4.55. The molecule has 1 N–H and O–H groups in total. The molecule has 1 fully saturated rings. The Bertz CT molecular complexity index is 1380. The van der Waals surface area contributed by atoms with Gasteiger partial charge in [-0.2, -0.15) is 5.10 Å². The van der Waals surface area contributed by atoms with Crippen LogP contribution in [0.5, 0.6) is 5.75 Å². The van der Waals surface area contributed by atoms with Crippen LogP contribution in [-0.4, -0.2) is 18.1 Å². The van der Waals surface area contributed by atoms with Crippen LogP contribution in [0, 0.1) is 5.92 Å². The average Bonchev–Trinajstić information content (AvgIpc) is 3.67. The Morgan fingerprint density at radius 1 is 0.861 bits per heavy atom.